The van der Waals surface area contributed by atoms with Gasteiger partial charge in [-0.3, -0.25) is 14.5 Å². The van der Waals surface area contributed by atoms with Gasteiger partial charge >= 0.3 is 0 Å². The van der Waals surface area contributed by atoms with Gasteiger partial charge in [-0.1, -0.05) is 48.0 Å². The molecule has 9 heteroatoms. The summed E-state index contributed by atoms with van der Waals surface area (Å²) in [5, 5.41) is 2.75. The van der Waals surface area contributed by atoms with E-state index < -0.39 is 15.9 Å². The van der Waals surface area contributed by atoms with Gasteiger partial charge in [0, 0.05) is 11.6 Å². The van der Waals surface area contributed by atoms with Crippen molar-refractivity contribution in [2.75, 3.05) is 16.8 Å². The van der Waals surface area contributed by atoms with E-state index in [1.807, 2.05) is 24.3 Å². The summed E-state index contributed by atoms with van der Waals surface area (Å²) in [7, 11) is -4.02. The number of hydrogen-bond acceptors (Lipinski definition) is 4. The molecule has 1 aliphatic carbocycles. The lowest BCUT2D eigenvalue weighted by Crippen LogP contribution is -2.42. The van der Waals surface area contributed by atoms with Crippen molar-refractivity contribution in [2.45, 2.75) is 30.2 Å². The van der Waals surface area contributed by atoms with Crippen LogP contribution in [0.5, 0.6) is 0 Å². The smallest absolute Gasteiger partial charge is 0.258 e. The highest BCUT2D eigenvalue weighted by atomic mass is 35.5. The van der Waals surface area contributed by atoms with Crippen LogP contribution in [-0.4, -0.2) is 26.8 Å². The molecule has 0 bridgehead atoms. The maximum Gasteiger partial charge on any atom is 0.258 e. The second-order valence-electron chi connectivity index (χ2n) is 8.37. The summed E-state index contributed by atoms with van der Waals surface area (Å²) in [6, 6.07) is 18.5. The first-order valence-electron chi connectivity index (χ1n) is 10.9. The number of aryl methyl sites for hydroxylation is 1. The molecule has 2 aliphatic rings. The molecule has 2 N–H and O–H groups in total. The van der Waals surface area contributed by atoms with Crippen molar-refractivity contribution in [3.63, 3.8) is 0 Å². The lowest BCUT2D eigenvalue weighted by atomic mass is 9.88. The Morgan fingerprint density at radius 2 is 1.82 bits per heavy atom. The van der Waals surface area contributed by atoms with E-state index in [1.54, 1.807) is 24.3 Å². The predicted octanol–water partition coefficient (Wildman–Crippen LogP) is 4.29. The van der Waals surface area contributed by atoms with Crippen molar-refractivity contribution < 1.29 is 18.0 Å². The van der Waals surface area contributed by atoms with Crippen LogP contribution in [0.2, 0.25) is 5.02 Å². The summed E-state index contributed by atoms with van der Waals surface area (Å²) in [6.45, 7) is -0.169. The lowest BCUT2D eigenvalue weighted by molar-refractivity contribution is -0.115. The number of sulfonamides is 1. The number of nitrogens with zero attached hydrogens (tertiary/aromatic N) is 1. The molecular formula is C25H22ClN3O4S. The average molecular weight is 496 g/mol. The third-order valence-electron chi connectivity index (χ3n) is 6.15. The molecule has 34 heavy (non-hydrogen) atoms. The Balaban J connectivity index is 1.47. The Morgan fingerprint density at radius 3 is 2.68 bits per heavy atom. The van der Waals surface area contributed by atoms with Gasteiger partial charge in [0.15, 0.2) is 0 Å². The Labute approximate surface area is 202 Å². The number of benzene rings is 3. The number of anilines is 2. The van der Waals surface area contributed by atoms with E-state index in [1.165, 1.54) is 23.1 Å². The highest BCUT2D eigenvalue weighted by Gasteiger charge is 2.30. The standard InChI is InChI=1S/C25H22ClN3O4S/c26-19-13-12-17(25(31)29-15-24(30)27-21-9-3-4-11-22(21)29)14-23(19)34(32,33)28-20-10-5-7-16-6-1-2-8-18(16)20/h1-4,6,8-9,11-14,20,28H,5,7,10,15H2,(H,27,30)/t20-/m0/s1. The molecule has 2 amide bonds. The summed E-state index contributed by atoms with van der Waals surface area (Å²) < 4.78 is 29.5. The fraction of sp³-hybridized carbons (Fsp3) is 0.200. The molecule has 3 aromatic rings. The molecule has 174 valence electrons. The fourth-order valence-electron chi connectivity index (χ4n) is 4.54. The van der Waals surface area contributed by atoms with Crippen LogP contribution in [0.15, 0.2) is 71.6 Å². The van der Waals surface area contributed by atoms with Crippen molar-refractivity contribution in [2.24, 2.45) is 0 Å². The minimum Gasteiger partial charge on any atom is -0.323 e. The van der Waals surface area contributed by atoms with Gasteiger partial charge < -0.3 is 5.32 Å². The van der Waals surface area contributed by atoms with Crippen LogP contribution in [0.25, 0.3) is 0 Å². The van der Waals surface area contributed by atoms with Crippen molar-refractivity contribution in [1.82, 2.24) is 4.72 Å². The quantitative estimate of drug-likeness (QED) is 0.564. The molecule has 3 aromatic carbocycles. The number of hydrogen-bond donors (Lipinski definition) is 2. The SMILES string of the molecule is O=C1CN(C(=O)c2ccc(Cl)c(S(=O)(=O)N[C@H]3CCCc4ccccc43)c2)c2ccccc2N1. The third kappa shape index (κ3) is 4.20. The molecule has 7 nitrogen and oxygen atoms in total. The summed E-state index contributed by atoms with van der Waals surface area (Å²) in [4.78, 5) is 26.6. The van der Waals surface area contributed by atoms with Crippen LogP contribution in [0, 0.1) is 0 Å². The zero-order chi connectivity index (χ0) is 23.9. The van der Waals surface area contributed by atoms with Gasteiger partial charge in [0.25, 0.3) is 5.91 Å². The summed E-state index contributed by atoms with van der Waals surface area (Å²) in [5.41, 5.74) is 3.27. The number of amides is 2. The Bertz CT molecular complexity index is 1410. The highest BCUT2D eigenvalue weighted by molar-refractivity contribution is 7.89. The molecule has 0 spiro atoms. The van der Waals surface area contributed by atoms with Gasteiger partial charge in [0.05, 0.1) is 16.4 Å². The second kappa shape index (κ2) is 8.87. The second-order valence-corrected chi connectivity index (χ2v) is 10.5. The number of carbonyl (C=O) groups excluding carboxylic acids is 2. The van der Waals surface area contributed by atoms with E-state index in [9.17, 15) is 18.0 Å². The van der Waals surface area contributed by atoms with Crippen LogP contribution in [0.1, 0.15) is 40.4 Å². The zero-order valence-corrected chi connectivity index (χ0v) is 19.7. The molecule has 1 aliphatic heterocycles. The Hall–Kier alpha value is -3.20. The maximum atomic E-state index is 13.3. The van der Waals surface area contributed by atoms with E-state index in [-0.39, 0.29) is 34.0 Å². The minimum absolute atomic E-state index is 0.0185. The van der Waals surface area contributed by atoms with Gasteiger partial charge in [0.1, 0.15) is 11.4 Å². The summed E-state index contributed by atoms with van der Waals surface area (Å²) in [5.74, 6) is -0.815. The van der Waals surface area contributed by atoms with E-state index in [0.717, 1.165) is 24.0 Å². The largest absolute Gasteiger partial charge is 0.323 e. The first-order valence-corrected chi connectivity index (χ1v) is 12.8. The molecule has 0 radical (unpaired) electrons. The van der Waals surface area contributed by atoms with Crippen LogP contribution in [-0.2, 0) is 21.2 Å². The van der Waals surface area contributed by atoms with Crippen LogP contribution < -0.4 is 14.9 Å². The highest BCUT2D eigenvalue weighted by Crippen LogP contribution is 2.33. The Kier molecular flexibility index (Phi) is 5.89. The average Bonchev–Trinajstić information content (AvgIpc) is 2.83. The molecule has 0 aromatic heterocycles. The lowest BCUT2D eigenvalue weighted by Gasteiger charge is -2.29. The molecule has 5 rings (SSSR count). The van der Waals surface area contributed by atoms with E-state index in [4.69, 9.17) is 11.6 Å². The molecule has 0 saturated carbocycles. The van der Waals surface area contributed by atoms with Crippen LogP contribution >= 0.6 is 11.6 Å². The van der Waals surface area contributed by atoms with Crippen molar-refractivity contribution >= 4 is 44.8 Å². The van der Waals surface area contributed by atoms with Gasteiger partial charge in [-0.2, -0.15) is 0 Å². The van der Waals surface area contributed by atoms with E-state index in [2.05, 4.69) is 10.0 Å². The number of carbonyl (C=O) groups is 2. The molecule has 1 heterocycles. The first-order chi connectivity index (χ1) is 16.3. The summed E-state index contributed by atoms with van der Waals surface area (Å²) >= 11 is 6.29. The first kappa shape index (κ1) is 22.6. The number of rotatable bonds is 4. The number of fused-ring (bicyclic) bond motifs is 2. The zero-order valence-electron chi connectivity index (χ0n) is 18.1. The normalized spacial score (nSPS) is 17.5. The number of para-hydroxylation sites is 2. The van der Waals surface area contributed by atoms with Gasteiger partial charge in [-0.25, -0.2) is 13.1 Å². The monoisotopic (exact) mass is 495 g/mol. The molecule has 0 saturated heterocycles. The number of halogens is 1. The van der Waals surface area contributed by atoms with Gasteiger partial charge in [-0.15, -0.1) is 0 Å². The van der Waals surface area contributed by atoms with Crippen LogP contribution in [0.3, 0.4) is 0 Å². The number of nitrogens with one attached hydrogen (secondary N) is 2. The molecule has 0 unspecified atom stereocenters. The van der Waals surface area contributed by atoms with Gasteiger partial charge in [-0.05, 0) is 60.7 Å². The van der Waals surface area contributed by atoms with Crippen molar-refractivity contribution in [1.29, 1.82) is 0 Å². The van der Waals surface area contributed by atoms with Gasteiger partial charge in [0.2, 0.25) is 15.9 Å². The van der Waals surface area contributed by atoms with E-state index in [0.29, 0.717) is 17.8 Å². The van der Waals surface area contributed by atoms with Crippen molar-refractivity contribution in [3.05, 3.63) is 88.4 Å². The fourth-order valence-corrected chi connectivity index (χ4v) is 6.32. The van der Waals surface area contributed by atoms with Crippen molar-refractivity contribution in [3.8, 4) is 0 Å². The van der Waals surface area contributed by atoms with Crippen LogP contribution in [0.4, 0.5) is 11.4 Å². The maximum absolute atomic E-state index is 13.3. The Morgan fingerprint density at radius 1 is 1.06 bits per heavy atom. The topological polar surface area (TPSA) is 95.6 Å². The molecule has 0 fully saturated rings. The minimum atomic E-state index is -4.02. The molecule has 1 atom stereocenters. The third-order valence-corrected chi connectivity index (χ3v) is 8.10. The van der Waals surface area contributed by atoms with E-state index >= 15 is 0 Å². The predicted molar refractivity (Wildman–Crippen MR) is 131 cm³/mol. The molecular weight excluding hydrogens is 474 g/mol. The summed E-state index contributed by atoms with van der Waals surface area (Å²) in [6.07, 6.45) is 2.45.